The van der Waals surface area contributed by atoms with Gasteiger partial charge in [0.15, 0.2) is 0 Å². The zero-order chi connectivity index (χ0) is 7.98. The molecule has 0 aromatic heterocycles. The van der Waals surface area contributed by atoms with Gasteiger partial charge in [-0.25, -0.2) is 4.79 Å². The maximum Gasteiger partial charge on any atom is 0.336 e. The standard InChI is InChI=1S/C7H12O3/c1-4-10-5-6(2)7(8)9-3/h5H,4H2,1-3H3. The van der Waals surface area contributed by atoms with E-state index in [9.17, 15) is 4.79 Å². The van der Waals surface area contributed by atoms with Crippen molar-refractivity contribution in [2.24, 2.45) is 0 Å². The van der Waals surface area contributed by atoms with Gasteiger partial charge in [-0.05, 0) is 13.8 Å². The second-order valence-electron chi connectivity index (χ2n) is 1.75. The maximum atomic E-state index is 10.6. The third kappa shape index (κ3) is 3.12. The normalized spacial score (nSPS) is 10.9. The van der Waals surface area contributed by atoms with Crippen molar-refractivity contribution in [2.75, 3.05) is 13.7 Å². The lowest BCUT2D eigenvalue weighted by Gasteiger charge is -1.98. The van der Waals surface area contributed by atoms with Gasteiger partial charge in [-0.2, -0.15) is 0 Å². The highest BCUT2D eigenvalue weighted by Crippen LogP contribution is 1.94. The Labute approximate surface area is 60.6 Å². The van der Waals surface area contributed by atoms with Crippen LogP contribution in [0.25, 0.3) is 0 Å². The Kier molecular flexibility index (Phi) is 4.37. The molecule has 0 aliphatic rings. The molecule has 3 heteroatoms. The third-order valence-electron chi connectivity index (χ3n) is 0.934. The number of esters is 1. The third-order valence-corrected chi connectivity index (χ3v) is 0.934. The van der Waals surface area contributed by atoms with Gasteiger partial charge >= 0.3 is 5.97 Å². The Morgan fingerprint density at radius 1 is 1.60 bits per heavy atom. The maximum absolute atomic E-state index is 10.6. The monoisotopic (exact) mass is 144 g/mol. The van der Waals surface area contributed by atoms with Gasteiger partial charge < -0.3 is 9.47 Å². The van der Waals surface area contributed by atoms with Crippen molar-refractivity contribution < 1.29 is 14.3 Å². The molecule has 0 heterocycles. The molecular weight excluding hydrogens is 132 g/mol. The minimum absolute atomic E-state index is 0.353. The highest BCUT2D eigenvalue weighted by Gasteiger charge is 2.01. The van der Waals surface area contributed by atoms with Crippen LogP contribution in [0.15, 0.2) is 11.8 Å². The van der Waals surface area contributed by atoms with Gasteiger partial charge in [0.2, 0.25) is 0 Å². The van der Waals surface area contributed by atoms with Crippen molar-refractivity contribution in [3.8, 4) is 0 Å². The van der Waals surface area contributed by atoms with Crippen LogP contribution in [0.1, 0.15) is 13.8 Å². The van der Waals surface area contributed by atoms with Crippen LogP contribution < -0.4 is 0 Å². The van der Waals surface area contributed by atoms with E-state index in [4.69, 9.17) is 4.74 Å². The first-order chi connectivity index (χ1) is 4.72. The lowest BCUT2D eigenvalue weighted by molar-refractivity contribution is -0.136. The molecular formula is C7H12O3. The molecule has 0 aromatic rings. The van der Waals surface area contributed by atoms with Crippen LogP contribution in [-0.4, -0.2) is 19.7 Å². The van der Waals surface area contributed by atoms with Crippen molar-refractivity contribution in [3.05, 3.63) is 11.8 Å². The van der Waals surface area contributed by atoms with Crippen molar-refractivity contribution >= 4 is 5.97 Å². The average Bonchev–Trinajstić information content (AvgIpc) is 1.98. The van der Waals surface area contributed by atoms with Crippen molar-refractivity contribution in [2.45, 2.75) is 13.8 Å². The first-order valence-corrected chi connectivity index (χ1v) is 3.09. The van der Waals surface area contributed by atoms with E-state index in [0.29, 0.717) is 12.2 Å². The number of carbonyl (C=O) groups excluding carboxylic acids is 1. The van der Waals surface area contributed by atoms with E-state index >= 15 is 0 Å². The molecule has 0 aliphatic heterocycles. The summed E-state index contributed by atoms with van der Waals surface area (Å²) in [6.45, 7) is 4.05. The molecule has 0 radical (unpaired) electrons. The largest absolute Gasteiger partial charge is 0.501 e. The van der Waals surface area contributed by atoms with Gasteiger partial charge in [-0.3, -0.25) is 0 Å². The zero-order valence-electron chi connectivity index (χ0n) is 6.51. The Hall–Kier alpha value is -0.990. The van der Waals surface area contributed by atoms with Gasteiger partial charge in [0.05, 0.1) is 25.6 Å². The van der Waals surface area contributed by atoms with E-state index in [1.165, 1.54) is 13.4 Å². The minimum Gasteiger partial charge on any atom is -0.501 e. The Bertz CT molecular complexity index is 138. The molecule has 0 atom stereocenters. The van der Waals surface area contributed by atoms with E-state index in [0.717, 1.165) is 0 Å². The fraction of sp³-hybridized carbons (Fsp3) is 0.571. The topological polar surface area (TPSA) is 35.5 Å². The molecule has 0 N–H and O–H groups in total. The van der Waals surface area contributed by atoms with Crippen LogP contribution >= 0.6 is 0 Å². The summed E-state index contributed by atoms with van der Waals surface area (Å²) in [4.78, 5) is 10.6. The summed E-state index contributed by atoms with van der Waals surface area (Å²) in [7, 11) is 1.34. The number of carbonyl (C=O) groups is 1. The van der Waals surface area contributed by atoms with Crippen molar-refractivity contribution in [1.29, 1.82) is 0 Å². The van der Waals surface area contributed by atoms with Crippen LogP contribution in [0.3, 0.4) is 0 Å². The number of ether oxygens (including phenoxy) is 2. The fourth-order valence-electron chi connectivity index (χ4n) is 0.417. The van der Waals surface area contributed by atoms with Crippen molar-refractivity contribution in [1.82, 2.24) is 0 Å². The molecule has 0 fully saturated rings. The van der Waals surface area contributed by atoms with Crippen LogP contribution in [0, 0.1) is 0 Å². The Morgan fingerprint density at radius 3 is 2.60 bits per heavy atom. The quantitative estimate of drug-likeness (QED) is 0.338. The van der Waals surface area contributed by atoms with Crippen LogP contribution in [-0.2, 0) is 14.3 Å². The molecule has 0 saturated heterocycles. The Morgan fingerprint density at radius 2 is 2.20 bits per heavy atom. The molecule has 0 saturated carbocycles. The van der Waals surface area contributed by atoms with Crippen LogP contribution in [0.4, 0.5) is 0 Å². The number of hydrogen-bond donors (Lipinski definition) is 0. The summed E-state index contributed by atoms with van der Waals surface area (Å²) in [6, 6.07) is 0. The molecule has 0 amide bonds. The minimum atomic E-state index is -0.353. The van der Waals surface area contributed by atoms with Crippen LogP contribution in [0.5, 0.6) is 0 Å². The molecule has 58 valence electrons. The highest BCUT2D eigenvalue weighted by atomic mass is 16.5. The summed E-state index contributed by atoms with van der Waals surface area (Å²) in [6.07, 6.45) is 1.39. The first-order valence-electron chi connectivity index (χ1n) is 3.09. The molecule has 0 unspecified atom stereocenters. The SMILES string of the molecule is CCOC=C(C)C(=O)OC. The van der Waals surface area contributed by atoms with E-state index < -0.39 is 0 Å². The lowest BCUT2D eigenvalue weighted by Crippen LogP contribution is -2.01. The van der Waals surface area contributed by atoms with Gasteiger partial charge in [0, 0.05) is 0 Å². The number of methoxy groups -OCH3 is 1. The molecule has 3 nitrogen and oxygen atoms in total. The van der Waals surface area contributed by atoms with E-state index in [-0.39, 0.29) is 5.97 Å². The highest BCUT2D eigenvalue weighted by molar-refractivity contribution is 5.87. The first kappa shape index (κ1) is 9.01. The van der Waals surface area contributed by atoms with Crippen LogP contribution in [0.2, 0.25) is 0 Å². The molecule has 10 heavy (non-hydrogen) atoms. The molecule has 0 aliphatic carbocycles. The van der Waals surface area contributed by atoms with E-state index in [1.54, 1.807) is 6.92 Å². The molecule has 0 spiro atoms. The van der Waals surface area contributed by atoms with E-state index in [2.05, 4.69) is 4.74 Å². The Balaban J connectivity index is 3.80. The second kappa shape index (κ2) is 4.85. The average molecular weight is 144 g/mol. The number of rotatable bonds is 3. The fourth-order valence-corrected chi connectivity index (χ4v) is 0.417. The number of hydrogen-bond acceptors (Lipinski definition) is 3. The van der Waals surface area contributed by atoms with Gasteiger partial charge in [-0.1, -0.05) is 0 Å². The molecule has 0 bridgehead atoms. The van der Waals surface area contributed by atoms with E-state index in [1.807, 2.05) is 6.92 Å². The lowest BCUT2D eigenvalue weighted by atomic mass is 10.3. The summed E-state index contributed by atoms with van der Waals surface area (Å²) >= 11 is 0. The summed E-state index contributed by atoms with van der Waals surface area (Å²) < 4.78 is 9.28. The van der Waals surface area contributed by atoms with Gasteiger partial charge in [-0.15, -0.1) is 0 Å². The predicted molar refractivity (Wildman–Crippen MR) is 37.4 cm³/mol. The zero-order valence-corrected chi connectivity index (χ0v) is 6.51. The smallest absolute Gasteiger partial charge is 0.336 e. The summed E-state index contributed by atoms with van der Waals surface area (Å²) in [5.74, 6) is -0.353. The predicted octanol–water partition coefficient (Wildman–Crippen LogP) is 1.10. The van der Waals surface area contributed by atoms with Crippen molar-refractivity contribution in [3.63, 3.8) is 0 Å². The summed E-state index contributed by atoms with van der Waals surface area (Å²) in [5.41, 5.74) is 0.476. The molecule has 0 rings (SSSR count). The van der Waals surface area contributed by atoms with Gasteiger partial charge in [0.25, 0.3) is 0 Å². The van der Waals surface area contributed by atoms with Gasteiger partial charge in [0.1, 0.15) is 0 Å². The summed E-state index contributed by atoms with van der Waals surface area (Å²) in [5, 5.41) is 0. The second-order valence-corrected chi connectivity index (χ2v) is 1.75. The molecule has 0 aromatic carbocycles.